The third-order valence-corrected chi connectivity index (χ3v) is 2.37. The largest absolute Gasteiger partial charge is 0.308 e. The summed E-state index contributed by atoms with van der Waals surface area (Å²) in [6, 6.07) is 4.36. The van der Waals surface area contributed by atoms with Crippen molar-refractivity contribution in [1.29, 1.82) is 0 Å². The van der Waals surface area contributed by atoms with E-state index in [-0.39, 0.29) is 5.69 Å². The molecule has 0 aromatic heterocycles. The lowest BCUT2D eigenvalue weighted by Crippen LogP contribution is -2.14. The Labute approximate surface area is 103 Å². The number of rotatable bonds is 5. The van der Waals surface area contributed by atoms with Crippen LogP contribution in [0.25, 0.3) is 0 Å². The van der Waals surface area contributed by atoms with Crippen LogP contribution in [0.1, 0.15) is 5.56 Å². The second-order valence-corrected chi connectivity index (χ2v) is 4.10. The van der Waals surface area contributed by atoms with E-state index in [0.29, 0.717) is 23.1 Å². The Morgan fingerprint density at radius 2 is 2.25 bits per heavy atom. The van der Waals surface area contributed by atoms with E-state index in [4.69, 9.17) is 23.2 Å². The summed E-state index contributed by atoms with van der Waals surface area (Å²) in [6.45, 7) is 4.48. The molecule has 0 aliphatic carbocycles. The number of nitro groups is 1. The molecule has 0 heterocycles. The highest BCUT2D eigenvalue weighted by atomic mass is 35.5. The minimum Gasteiger partial charge on any atom is -0.308 e. The van der Waals surface area contributed by atoms with Gasteiger partial charge < -0.3 is 5.32 Å². The van der Waals surface area contributed by atoms with Crippen LogP contribution >= 0.6 is 23.2 Å². The van der Waals surface area contributed by atoms with Gasteiger partial charge in [-0.25, -0.2) is 0 Å². The van der Waals surface area contributed by atoms with Crippen molar-refractivity contribution in [3.8, 4) is 0 Å². The van der Waals surface area contributed by atoms with Crippen LogP contribution in [0.15, 0.2) is 29.8 Å². The van der Waals surface area contributed by atoms with Crippen LogP contribution in [-0.4, -0.2) is 11.5 Å². The van der Waals surface area contributed by atoms with Gasteiger partial charge in [-0.15, -0.1) is 0 Å². The predicted octanol–water partition coefficient (Wildman–Crippen LogP) is 3.09. The number of nitrogens with one attached hydrogen (secondary N) is 1. The highest BCUT2D eigenvalue weighted by Gasteiger charge is 2.08. The molecule has 0 saturated carbocycles. The van der Waals surface area contributed by atoms with Gasteiger partial charge in [-0.2, -0.15) is 0 Å². The predicted molar refractivity (Wildman–Crippen MR) is 64.8 cm³/mol. The van der Waals surface area contributed by atoms with Gasteiger partial charge in [-0.3, -0.25) is 10.1 Å². The summed E-state index contributed by atoms with van der Waals surface area (Å²) in [5.41, 5.74) is 0.765. The first kappa shape index (κ1) is 13.0. The molecule has 0 aliphatic rings. The highest BCUT2D eigenvalue weighted by molar-refractivity contribution is 6.31. The van der Waals surface area contributed by atoms with Gasteiger partial charge in [0.2, 0.25) is 0 Å². The van der Waals surface area contributed by atoms with Crippen LogP contribution in [0.4, 0.5) is 5.69 Å². The third kappa shape index (κ3) is 3.81. The minimum absolute atomic E-state index is 0.0181. The van der Waals surface area contributed by atoms with Crippen molar-refractivity contribution in [3.63, 3.8) is 0 Å². The molecular formula is C10H10Cl2N2O2. The van der Waals surface area contributed by atoms with Crippen LogP contribution < -0.4 is 5.32 Å². The van der Waals surface area contributed by atoms with Crippen LogP contribution in [0.3, 0.4) is 0 Å². The van der Waals surface area contributed by atoms with Crippen LogP contribution in [0, 0.1) is 10.1 Å². The molecule has 0 unspecified atom stereocenters. The van der Waals surface area contributed by atoms with Crippen molar-refractivity contribution < 1.29 is 4.92 Å². The normalized spacial score (nSPS) is 10.1. The van der Waals surface area contributed by atoms with Crippen LogP contribution in [0.5, 0.6) is 0 Å². The zero-order chi connectivity index (χ0) is 12.1. The van der Waals surface area contributed by atoms with Crippen molar-refractivity contribution in [3.05, 3.63) is 50.5 Å². The molecule has 0 fully saturated rings. The number of nitro benzene ring substituents is 1. The molecule has 1 rings (SSSR count). The Morgan fingerprint density at radius 1 is 1.56 bits per heavy atom. The second kappa shape index (κ2) is 5.84. The zero-order valence-electron chi connectivity index (χ0n) is 8.37. The van der Waals surface area contributed by atoms with Crippen molar-refractivity contribution in [2.45, 2.75) is 6.54 Å². The average molecular weight is 261 g/mol. The van der Waals surface area contributed by atoms with Gasteiger partial charge in [0.05, 0.1) is 9.95 Å². The van der Waals surface area contributed by atoms with Crippen LogP contribution in [-0.2, 0) is 6.54 Å². The Bertz CT molecular complexity index is 421. The lowest BCUT2D eigenvalue weighted by Gasteiger charge is -2.05. The first-order chi connectivity index (χ1) is 7.50. The third-order valence-electron chi connectivity index (χ3n) is 1.88. The number of nitrogens with zero attached hydrogens (tertiary/aromatic N) is 1. The molecule has 1 N–H and O–H groups in total. The summed E-state index contributed by atoms with van der Waals surface area (Å²) in [6.07, 6.45) is 0. The lowest BCUT2D eigenvalue weighted by molar-refractivity contribution is -0.384. The number of benzene rings is 1. The molecule has 0 spiro atoms. The SMILES string of the molecule is C=C(Cl)CNCc1ccc([N+](=O)[O-])cc1Cl. The smallest absolute Gasteiger partial charge is 0.270 e. The molecule has 4 nitrogen and oxygen atoms in total. The van der Waals surface area contributed by atoms with Gasteiger partial charge in [-0.1, -0.05) is 29.8 Å². The average Bonchev–Trinajstić information content (AvgIpc) is 2.19. The topological polar surface area (TPSA) is 55.2 Å². The van der Waals surface area contributed by atoms with E-state index in [1.807, 2.05) is 0 Å². The molecule has 0 bridgehead atoms. The van der Waals surface area contributed by atoms with E-state index >= 15 is 0 Å². The van der Waals surface area contributed by atoms with E-state index in [2.05, 4.69) is 11.9 Å². The number of hydrogen-bond donors (Lipinski definition) is 1. The van der Waals surface area contributed by atoms with Gasteiger partial charge in [0.25, 0.3) is 5.69 Å². The molecule has 1 aromatic rings. The van der Waals surface area contributed by atoms with E-state index in [9.17, 15) is 10.1 Å². The molecule has 1 aromatic carbocycles. The molecule has 0 saturated heterocycles. The first-order valence-corrected chi connectivity index (χ1v) is 5.23. The molecule has 6 heteroatoms. The summed E-state index contributed by atoms with van der Waals surface area (Å²) < 4.78 is 0. The van der Waals surface area contributed by atoms with Crippen molar-refractivity contribution >= 4 is 28.9 Å². The van der Waals surface area contributed by atoms with Crippen molar-refractivity contribution in [2.24, 2.45) is 0 Å². The summed E-state index contributed by atoms with van der Waals surface area (Å²) in [5.74, 6) is 0. The zero-order valence-corrected chi connectivity index (χ0v) is 9.88. The maximum atomic E-state index is 10.5. The van der Waals surface area contributed by atoms with E-state index in [1.54, 1.807) is 6.07 Å². The number of hydrogen-bond acceptors (Lipinski definition) is 3. The van der Waals surface area contributed by atoms with E-state index in [1.165, 1.54) is 12.1 Å². The van der Waals surface area contributed by atoms with Gasteiger partial charge >= 0.3 is 0 Å². The summed E-state index contributed by atoms with van der Waals surface area (Å²) in [4.78, 5) is 9.99. The summed E-state index contributed by atoms with van der Waals surface area (Å²) in [7, 11) is 0. The van der Waals surface area contributed by atoms with Gasteiger partial charge in [-0.05, 0) is 11.6 Å². The van der Waals surface area contributed by atoms with Crippen molar-refractivity contribution in [2.75, 3.05) is 6.54 Å². The monoisotopic (exact) mass is 260 g/mol. The first-order valence-electron chi connectivity index (χ1n) is 4.47. The van der Waals surface area contributed by atoms with Crippen molar-refractivity contribution in [1.82, 2.24) is 5.32 Å². The molecule has 0 aliphatic heterocycles. The number of halogens is 2. The quantitative estimate of drug-likeness (QED) is 0.654. The fourth-order valence-electron chi connectivity index (χ4n) is 1.13. The Hall–Kier alpha value is -1.10. The Kier molecular flexibility index (Phi) is 4.73. The standard InChI is InChI=1S/C10H10Cl2N2O2/c1-7(11)5-13-6-8-2-3-9(14(15)16)4-10(8)12/h2-4,13H,1,5-6H2. The Morgan fingerprint density at radius 3 is 2.75 bits per heavy atom. The molecule has 0 radical (unpaired) electrons. The molecule has 0 atom stereocenters. The maximum absolute atomic E-state index is 10.5. The minimum atomic E-state index is -0.482. The van der Waals surface area contributed by atoms with E-state index in [0.717, 1.165) is 5.56 Å². The second-order valence-electron chi connectivity index (χ2n) is 3.15. The molecular weight excluding hydrogens is 251 g/mol. The van der Waals surface area contributed by atoms with E-state index < -0.39 is 4.92 Å². The summed E-state index contributed by atoms with van der Waals surface area (Å²) in [5, 5.41) is 14.3. The fourth-order valence-corrected chi connectivity index (χ4v) is 1.46. The van der Waals surface area contributed by atoms with Crippen LogP contribution in [0.2, 0.25) is 5.02 Å². The lowest BCUT2D eigenvalue weighted by atomic mass is 10.2. The molecule has 0 amide bonds. The maximum Gasteiger partial charge on any atom is 0.270 e. The fraction of sp³-hybridized carbons (Fsp3) is 0.200. The summed E-state index contributed by atoms with van der Waals surface area (Å²) >= 11 is 11.5. The Balaban J connectivity index is 2.68. The molecule has 16 heavy (non-hydrogen) atoms. The van der Waals surface area contributed by atoms with Gasteiger partial charge in [0.1, 0.15) is 0 Å². The van der Waals surface area contributed by atoms with Gasteiger partial charge in [0, 0.05) is 30.3 Å². The number of non-ortho nitro benzene ring substituents is 1. The molecule has 86 valence electrons. The van der Waals surface area contributed by atoms with Gasteiger partial charge in [0.15, 0.2) is 0 Å². The highest BCUT2D eigenvalue weighted by Crippen LogP contribution is 2.22.